The van der Waals surface area contributed by atoms with Crippen molar-refractivity contribution in [3.63, 3.8) is 0 Å². The molecule has 1 saturated heterocycles. The Bertz CT molecular complexity index is 449. The van der Waals surface area contributed by atoms with E-state index in [2.05, 4.69) is 4.74 Å². The minimum atomic E-state index is -5.69. The highest BCUT2D eigenvalue weighted by Crippen LogP contribution is 2.68. The van der Waals surface area contributed by atoms with E-state index in [9.17, 15) is 32.2 Å². The molecule has 3 nitrogen and oxygen atoms in total. The highest BCUT2D eigenvalue weighted by molar-refractivity contribution is 5.24. The van der Waals surface area contributed by atoms with Gasteiger partial charge in [0.2, 0.25) is 0 Å². The number of aliphatic hydroxyl groups is 2. The van der Waals surface area contributed by atoms with Gasteiger partial charge in [-0.15, -0.1) is 0 Å². The number of rotatable bonds is 0. The van der Waals surface area contributed by atoms with Crippen molar-refractivity contribution in [2.24, 2.45) is 11.8 Å². The van der Waals surface area contributed by atoms with Crippen molar-refractivity contribution >= 4 is 0 Å². The largest absolute Gasteiger partial charge is 0.449 e. The molecular formula is C12H15F5O3. The Balaban J connectivity index is 2.13. The first-order chi connectivity index (χ1) is 8.89. The van der Waals surface area contributed by atoms with Gasteiger partial charge in [0.05, 0.1) is 0 Å². The molecule has 0 aromatic heterocycles. The third-order valence-electron chi connectivity index (χ3n) is 5.37. The molecule has 2 saturated carbocycles. The zero-order valence-electron chi connectivity index (χ0n) is 10.7. The van der Waals surface area contributed by atoms with Gasteiger partial charge in [-0.25, -0.2) is 0 Å². The van der Waals surface area contributed by atoms with Crippen LogP contribution >= 0.6 is 0 Å². The fraction of sp³-hybridized carbons (Fsp3) is 1.00. The van der Waals surface area contributed by atoms with Gasteiger partial charge in [-0.05, 0) is 44.4 Å². The summed E-state index contributed by atoms with van der Waals surface area (Å²) in [5, 5.41) is 19.6. The summed E-state index contributed by atoms with van der Waals surface area (Å²) in [6.07, 6.45) is -4.18. The van der Waals surface area contributed by atoms with Gasteiger partial charge >= 0.3 is 17.9 Å². The lowest BCUT2D eigenvalue weighted by atomic mass is 9.71. The van der Waals surface area contributed by atoms with Crippen LogP contribution < -0.4 is 0 Å². The van der Waals surface area contributed by atoms with Gasteiger partial charge in [-0.1, -0.05) is 0 Å². The molecule has 3 aliphatic rings. The first-order valence-electron chi connectivity index (χ1n) is 6.48. The summed E-state index contributed by atoms with van der Waals surface area (Å²) in [4.78, 5) is 0. The number of hydrogen-bond donors (Lipinski definition) is 2. The van der Waals surface area contributed by atoms with Gasteiger partial charge in [0.1, 0.15) is 5.60 Å². The van der Waals surface area contributed by atoms with E-state index in [0.29, 0.717) is 19.8 Å². The van der Waals surface area contributed by atoms with E-state index in [1.54, 1.807) is 0 Å². The predicted molar refractivity (Wildman–Crippen MR) is 55.8 cm³/mol. The van der Waals surface area contributed by atoms with E-state index >= 15 is 0 Å². The first kappa shape index (κ1) is 14.5. The minimum absolute atomic E-state index is 0.0436. The summed E-state index contributed by atoms with van der Waals surface area (Å²) < 4.78 is 71.5. The lowest BCUT2D eigenvalue weighted by Gasteiger charge is -2.42. The van der Waals surface area contributed by atoms with Crippen molar-refractivity contribution in [3.05, 3.63) is 0 Å². The van der Waals surface area contributed by atoms with Crippen molar-refractivity contribution in [2.45, 2.75) is 61.7 Å². The molecule has 0 aromatic rings. The van der Waals surface area contributed by atoms with Crippen LogP contribution in [-0.4, -0.2) is 39.3 Å². The fourth-order valence-electron chi connectivity index (χ4n) is 4.26. The summed E-state index contributed by atoms with van der Waals surface area (Å²) in [6.45, 7) is 0.636. The third-order valence-corrected chi connectivity index (χ3v) is 5.37. The summed E-state index contributed by atoms with van der Waals surface area (Å²) in [6, 6.07) is 0. The molecule has 0 radical (unpaired) electrons. The number of halogens is 5. The Labute approximate surface area is 111 Å². The quantitative estimate of drug-likeness (QED) is 0.675. The second kappa shape index (κ2) is 3.47. The van der Waals surface area contributed by atoms with Crippen molar-refractivity contribution in [2.75, 3.05) is 0 Å². The molecule has 0 aromatic carbocycles. The molecule has 2 bridgehead atoms. The molecular weight excluding hydrogens is 287 g/mol. The number of ether oxygens (including phenoxy) is 1. The average Bonchev–Trinajstić information content (AvgIpc) is 2.89. The molecule has 5 atom stereocenters. The van der Waals surface area contributed by atoms with Crippen LogP contribution in [0.5, 0.6) is 0 Å². The van der Waals surface area contributed by atoms with Crippen LogP contribution in [0, 0.1) is 11.8 Å². The fourth-order valence-corrected chi connectivity index (χ4v) is 4.26. The molecule has 0 amide bonds. The van der Waals surface area contributed by atoms with E-state index in [1.807, 2.05) is 0 Å². The van der Waals surface area contributed by atoms with E-state index < -0.39 is 35.0 Å². The van der Waals surface area contributed by atoms with Crippen LogP contribution in [0.3, 0.4) is 0 Å². The molecule has 116 valence electrons. The van der Waals surface area contributed by atoms with Crippen LogP contribution in [-0.2, 0) is 4.74 Å². The maximum Gasteiger partial charge on any atom is 0.449 e. The summed E-state index contributed by atoms with van der Waals surface area (Å²) >= 11 is 0. The SMILES string of the molecule is CC1(O)C2(CC3CCC2C3)OC(O)(C(F)(F)F)C1(F)F. The van der Waals surface area contributed by atoms with Crippen LogP contribution in [0.25, 0.3) is 0 Å². The monoisotopic (exact) mass is 302 g/mol. The standard InChI is InChI=1S/C12H15F5O3/c1-8(18)9(5-6-2-3-7(9)4-6)20-11(19,10(8,13)14)12(15,16)17/h6-7,18-19H,2-5H2,1H3. The van der Waals surface area contributed by atoms with E-state index in [1.165, 1.54) is 0 Å². The second-order valence-corrected chi connectivity index (χ2v) is 6.36. The van der Waals surface area contributed by atoms with E-state index in [0.717, 1.165) is 6.42 Å². The number of hydrogen-bond acceptors (Lipinski definition) is 3. The summed E-state index contributed by atoms with van der Waals surface area (Å²) in [5.74, 6) is -10.1. The van der Waals surface area contributed by atoms with Crippen LogP contribution in [0.1, 0.15) is 32.6 Å². The topological polar surface area (TPSA) is 49.7 Å². The zero-order valence-corrected chi connectivity index (χ0v) is 10.7. The molecule has 3 fully saturated rings. The molecule has 1 aliphatic heterocycles. The van der Waals surface area contributed by atoms with Gasteiger partial charge in [0.25, 0.3) is 0 Å². The smallest absolute Gasteiger partial charge is 0.381 e. The maximum atomic E-state index is 14.1. The van der Waals surface area contributed by atoms with Crippen LogP contribution in [0.15, 0.2) is 0 Å². The van der Waals surface area contributed by atoms with Crippen molar-refractivity contribution < 1.29 is 36.9 Å². The molecule has 20 heavy (non-hydrogen) atoms. The lowest BCUT2D eigenvalue weighted by Crippen LogP contribution is -2.64. The molecule has 2 aliphatic carbocycles. The Morgan fingerprint density at radius 1 is 1.15 bits per heavy atom. The Morgan fingerprint density at radius 2 is 1.75 bits per heavy atom. The molecule has 8 heteroatoms. The van der Waals surface area contributed by atoms with Crippen molar-refractivity contribution in [1.82, 2.24) is 0 Å². The summed E-state index contributed by atoms with van der Waals surface area (Å²) in [7, 11) is 0. The van der Waals surface area contributed by atoms with Gasteiger partial charge in [0, 0.05) is 0 Å². The zero-order chi connectivity index (χ0) is 15.2. The molecule has 1 spiro atoms. The first-order valence-corrected chi connectivity index (χ1v) is 6.48. The summed E-state index contributed by atoms with van der Waals surface area (Å²) in [5.41, 5.74) is -5.10. The van der Waals surface area contributed by atoms with E-state index in [4.69, 9.17) is 0 Å². The van der Waals surface area contributed by atoms with Crippen molar-refractivity contribution in [1.29, 1.82) is 0 Å². The Kier molecular flexibility index (Phi) is 2.51. The van der Waals surface area contributed by atoms with Gasteiger partial charge in [0.15, 0.2) is 5.60 Å². The van der Waals surface area contributed by atoms with Crippen molar-refractivity contribution in [3.8, 4) is 0 Å². The third kappa shape index (κ3) is 1.27. The van der Waals surface area contributed by atoms with Gasteiger partial charge < -0.3 is 14.9 Å². The van der Waals surface area contributed by atoms with E-state index in [-0.39, 0.29) is 12.3 Å². The molecule has 5 unspecified atom stereocenters. The van der Waals surface area contributed by atoms with Gasteiger partial charge in [-0.3, -0.25) is 0 Å². The van der Waals surface area contributed by atoms with Crippen LogP contribution in [0.4, 0.5) is 22.0 Å². The van der Waals surface area contributed by atoms with Gasteiger partial charge in [-0.2, -0.15) is 22.0 Å². The number of fused-ring (bicyclic) bond motifs is 3. The Hall–Kier alpha value is -0.470. The average molecular weight is 302 g/mol. The van der Waals surface area contributed by atoms with Crippen LogP contribution in [0.2, 0.25) is 0 Å². The molecule has 3 rings (SSSR count). The predicted octanol–water partition coefficient (Wildman–Crippen LogP) is 2.21. The second-order valence-electron chi connectivity index (χ2n) is 6.36. The molecule has 1 heterocycles. The molecule has 2 N–H and O–H groups in total. The maximum absolute atomic E-state index is 14.1. The normalized spacial score (nSPS) is 54.0. The number of alkyl halides is 5. The Morgan fingerprint density at radius 3 is 2.10 bits per heavy atom. The lowest BCUT2D eigenvalue weighted by molar-refractivity contribution is -0.417. The highest BCUT2D eigenvalue weighted by atomic mass is 19.4. The highest BCUT2D eigenvalue weighted by Gasteiger charge is 2.89. The minimum Gasteiger partial charge on any atom is -0.381 e.